The standard InChI is InChI=1S/C20H20N6O4/c1-14-7-9-15(10-8-14)11-21-19-18(26(28)29)20(23-13-22-19)25-24-17(27)12-30-16-5-3-2-4-6-16/h2-10,13H,11-12H2,1H3,(H,24,27)(H2,21,22,23,25). The lowest BCUT2D eigenvalue weighted by Gasteiger charge is -2.11. The van der Waals surface area contributed by atoms with Crippen LogP contribution in [0.25, 0.3) is 0 Å². The fourth-order valence-corrected chi connectivity index (χ4v) is 2.49. The van der Waals surface area contributed by atoms with Gasteiger partial charge >= 0.3 is 5.69 Å². The summed E-state index contributed by atoms with van der Waals surface area (Å²) in [5.41, 5.74) is 6.47. The van der Waals surface area contributed by atoms with E-state index in [2.05, 4.69) is 26.1 Å². The quantitative estimate of drug-likeness (QED) is 0.364. The second-order valence-corrected chi connectivity index (χ2v) is 6.29. The van der Waals surface area contributed by atoms with Crippen molar-refractivity contribution in [2.45, 2.75) is 13.5 Å². The summed E-state index contributed by atoms with van der Waals surface area (Å²) in [6, 6.07) is 16.5. The highest BCUT2D eigenvalue weighted by Crippen LogP contribution is 2.28. The van der Waals surface area contributed by atoms with Crippen molar-refractivity contribution in [3.8, 4) is 5.75 Å². The molecular formula is C20H20N6O4. The van der Waals surface area contributed by atoms with E-state index in [1.165, 1.54) is 6.33 Å². The Balaban J connectivity index is 1.62. The smallest absolute Gasteiger partial charge is 0.354 e. The Morgan fingerprint density at radius 1 is 1.07 bits per heavy atom. The number of carbonyl (C=O) groups is 1. The number of carbonyl (C=O) groups excluding carboxylic acids is 1. The zero-order valence-electron chi connectivity index (χ0n) is 16.2. The minimum absolute atomic E-state index is 0.0351. The molecule has 1 aromatic heterocycles. The highest BCUT2D eigenvalue weighted by molar-refractivity contribution is 5.80. The summed E-state index contributed by atoms with van der Waals surface area (Å²) in [5, 5.41) is 14.5. The molecule has 154 valence electrons. The van der Waals surface area contributed by atoms with Crippen molar-refractivity contribution in [1.29, 1.82) is 0 Å². The zero-order valence-corrected chi connectivity index (χ0v) is 16.2. The Morgan fingerprint density at radius 3 is 2.47 bits per heavy atom. The molecule has 2 aromatic carbocycles. The van der Waals surface area contributed by atoms with Crippen LogP contribution in [-0.4, -0.2) is 27.4 Å². The van der Waals surface area contributed by atoms with Crippen LogP contribution in [0.15, 0.2) is 60.9 Å². The summed E-state index contributed by atoms with van der Waals surface area (Å²) in [7, 11) is 0. The molecule has 10 nitrogen and oxygen atoms in total. The van der Waals surface area contributed by atoms with Gasteiger partial charge in [-0.25, -0.2) is 9.97 Å². The summed E-state index contributed by atoms with van der Waals surface area (Å²) in [5.74, 6) is -0.105. The number of aromatic nitrogens is 2. The lowest BCUT2D eigenvalue weighted by atomic mass is 10.1. The minimum Gasteiger partial charge on any atom is -0.484 e. The van der Waals surface area contributed by atoms with Crippen molar-refractivity contribution in [3.63, 3.8) is 0 Å². The molecule has 0 radical (unpaired) electrons. The molecule has 0 saturated carbocycles. The Morgan fingerprint density at radius 2 is 1.77 bits per heavy atom. The number of nitrogens with one attached hydrogen (secondary N) is 3. The molecule has 3 aromatic rings. The summed E-state index contributed by atoms with van der Waals surface area (Å²) in [4.78, 5) is 30.7. The molecule has 1 heterocycles. The third-order valence-electron chi connectivity index (χ3n) is 4.02. The van der Waals surface area contributed by atoms with Crippen LogP contribution in [0.3, 0.4) is 0 Å². The average molecular weight is 408 g/mol. The third-order valence-corrected chi connectivity index (χ3v) is 4.02. The number of hydrazine groups is 1. The van der Waals surface area contributed by atoms with E-state index in [4.69, 9.17) is 4.74 Å². The molecule has 10 heteroatoms. The van der Waals surface area contributed by atoms with E-state index in [1.807, 2.05) is 37.3 Å². The maximum Gasteiger partial charge on any atom is 0.354 e. The molecule has 0 spiro atoms. The van der Waals surface area contributed by atoms with Gasteiger partial charge in [0.1, 0.15) is 12.1 Å². The first-order valence-corrected chi connectivity index (χ1v) is 9.04. The second-order valence-electron chi connectivity index (χ2n) is 6.29. The minimum atomic E-state index is -0.619. The normalized spacial score (nSPS) is 10.2. The molecule has 0 bridgehead atoms. The maximum atomic E-state index is 12.0. The number of ether oxygens (including phenoxy) is 1. The van der Waals surface area contributed by atoms with Crippen molar-refractivity contribution >= 4 is 23.2 Å². The van der Waals surface area contributed by atoms with Crippen molar-refractivity contribution in [1.82, 2.24) is 15.4 Å². The molecular weight excluding hydrogens is 388 g/mol. The third kappa shape index (κ3) is 5.64. The first-order chi connectivity index (χ1) is 14.5. The van der Waals surface area contributed by atoms with Gasteiger partial charge in [-0.15, -0.1) is 0 Å². The van der Waals surface area contributed by atoms with E-state index in [0.29, 0.717) is 12.3 Å². The number of rotatable bonds is 9. The first kappa shape index (κ1) is 20.5. The molecule has 0 aliphatic rings. The zero-order chi connectivity index (χ0) is 21.3. The predicted molar refractivity (Wildman–Crippen MR) is 111 cm³/mol. The fraction of sp³-hybridized carbons (Fsp3) is 0.150. The van der Waals surface area contributed by atoms with E-state index in [-0.39, 0.29) is 23.9 Å². The average Bonchev–Trinajstić information content (AvgIpc) is 2.76. The van der Waals surface area contributed by atoms with E-state index in [9.17, 15) is 14.9 Å². The molecule has 0 atom stereocenters. The van der Waals surface area contributed by atoms with Gasteiger partial charge in [0.2, 0.25) is 11.6 Å². The van der Waals surface area contributed by atoms with Gasteiger partial charge in [-0.05, 0) is 24.6 Å². The molecule has 1 amide bonds. The van der Waals surface area contributed by atoms with Crippen LogP contribution in [0.5, 0.6) is 5.75 Å². The van der Waals surface area contributed by atoms with Gasteiger partial charge in [0, 0.05) is 6.54 Å². The molecule has 0 unspecified atom stereocenters. The summed E-state index contributed by atoms with van der Waals surface area (Å²) in [6.45, 7) is 2.05. The van der Waals surface area contributed by atoms with Crippen LogP contribution in [0.2, 0.25) is 0 Å². The van der Waals surface area contributed by atoms with Crippen molar-refractivity contribution < 1.29 is 14.5 Å². The number of hydrogen-bond donors (Lipinski definition) is 3. The van der Waals surface area contributed by atoms with Crippen LogP contribution in [-0.2, 0) is 11.3 Å². The highest BCUT2D eigenvalue weighted by atomic mass is 16.6. The van der Waals surface area contributed by atoms with Gasteiger partial charge < -0.3 is 10.1 Å². The van der Waals surface area contributed by atoms with Crippen LogP contribution >= 0.6 is 0 Å². The van der Waals surface area contributed by atoms with Gasteiger partial charge in [-0.1, -0.05) is 48.0 Å². The SMILES string of the molecule is Cc1ccc(CNc2ncnc(NNC(=O)COc3ccccc3)c2[N+](=O)[O-])cc1. The number of amides is 1. The van der Waals surface area contributed by atoms with Crippen molar-refractivity contribution in [3.05, 3.63) is 82.2 Å². The lowest BCUT2D eigenvalue weighted by molar-refractivity contribution is -0.383. The van der Waals surface area contributed by atoms with Crippen LogP contribution in [0, 0.1) is 17.0 Å². The Bertz CT molecular complexity index is 1010. The predicted octanol–water partition coefficient (Wildman–Crippen LogP) is 2.83. The molecule has 3 rings (SSSR count). The fourth-order valence-electron chi connectivity index (χ4n) is 2.49. The molecule has 0 aliphatic heterocycles. The maximum absolute atomic E-state index is 12.0. The van der Waals surface area contributed by atoms with Gasteiger partial charge in [-0.2, -0.15) is 0 Å². The lowest BCUT2D eigenvalue weighted by Crippen LogP contribution is -2.34. The molecule has 30 heavy (non-hydrogen) atoms. The van der Waals surface area contributed by atoms with Crippen LogP contribution < -0.4 is 20.9 Å². The number of hydrogen-bond acceptors (Lipinski definition) is 8. The Labute approximate surface area is 172 Å². The first-order valence-electron chi connectivity index (χ1n) is 9.04. The number of nitrogens with zero attached hydrogens (tertiary/aromatic N) is 3. The van der Waals surface area contributed by atoms with Crippen molar-refractivity contribution in [2.75, 3.05) is 17.3 Å². The second kappa shape index (κ2) is 9.82. The van der Waals surface area contributed by atoms with Gasteiger partial charge in [-0.3, -0.25) is 25.8 Å². The van der Waals surface area contributed by atoms with E-state index in [0.717, 1.165) is 11.1 Å². The number of benzene rings is 2. The van der Waals surface area contributed by atoms with Gasteiger partial charge in [0.25, 0.3) is 5.91 Å². The Hall–Kier alpha value is -4.21. The summed E-state index contributed by atoms with van der Waals surface area (Å²) < 4.78 is 5.32. The van der Waals surface area contributed by atoms with E-state index >= 15 is 0 Å². The molecule has 0 saturated heterocycles. The summed E-state index contributed by atoms with van der Waals surface area (Å²) >= 11 is 0. The van der Waals surface area contributed by atoms with E-state index in [1.54, 1.807) is 24.3 Å². The van der Waals surface area contributed by atoms with E-state index < -0.39 is 10.8 Å². The summed E-state index contributed by atoms with van der Waals surface area (Å²) in [6.07, 6.45) is 1.17. The Kier molecular flexibility index (Phi) is 6.72. The van der Waals surface area contributed by atoms with Crippen LogP contribution in [0.1, 0.15) is 11.1 Å². The highest BCUT2D eigenvalue weighted by Gasteiger charge is 2.23. The number of para-hydroxylation sites is 1. The topological polar surface area (TPSA) is 131 Å². The number of aryl methyl sites for hydroxylation is 1. The van der Waals surface area contributed by atoms with Crippen molar-refractivity contribution in [2.24, 2.45) is 0 Å². The van der Waals surface area contributed by atoms with Gasteiger partial charge in [0.05, 0.1) is 4.92 Å². The monoisotopic (exact) mass is 408 g/mol. The molecule has 3 N–H and O–H groups in total. The molecule has 0 fully saturated rings. The largest absolute Gasteiger partial charge is 0.484 e. The molecule has 0 aliphatic carbocycles. The van der Waals surface area contributed by atoms with Gasteiger partial charge in [0.15, 0.2) is 6.61 Å². The number of anilines is 2. The van der Waals surface area contributed by atoms with Crippen LogP contribution in [0.4, 0.5) is 17.3 Å². The number of nitro groups is 1.